The van der Waals surface area contributed by atoms with E-state index in [1.165, 1.54) is 11.1 Å². The maximum atomic E-state index is 11.6. The van der Waals surface area contributed by atoms with Gasteiger partial charge in [0.1, 0.15) is 5.78 Å². The number of aryl methyl sites for hydroxylation is 1. The Morgan fingerprint density at radius 1 is 0.889 bits per heavy atom. The standard InChI is InChI=1S/C24H22NO2/c1-18(26)14-15-25-22-17-21(20-10-6-3-7-11-20)12-13-23(22)27-24(25)16-19-8-4-2-5-9-19/h2-13,17H,14-16H2,1H3/q+1. The largest absolute Gasteiger partial charge is 0.401 e. The van der Waals surface area contributed by atoms with Gasteiger partial charge in [-0.3, -0.25) is 4.79 Å². The fourth-order valence-electron chi connectivity index (χ4n) is 3.36. The van der Waals surface area contributed by atoms with Crippen molar-refractivity contribution in [3.05, 3.63) is 90.3 Å². The van der Waals surface area contributed by atoms with Gasteiger partial charge >= 0.3 is 5.89 Å². The van der Waals surface area contributed by atoms with Gasteiger partial charge in [0.05, 0.1) is 12.8 Å². The number of nitrogens with zero attached hydrogens (tertiary/aromatic N) is 1. The van der Waals surface area contributed by atoms with E-state index >= 15 is 0 Å². The Morgan fingerprint density at radius 2 is 1.59 bits per heavy atom. The summed E-state index contributed by atoms with van der Waals surface area (Å²) in [4.78, 5) is 11.6. The highest BCUT2D eigenvalue weighted by Crippen LogP contribution is 2.25. The second-order valence-corrected chi connectivity index (χ2v) is 6.81. The maximum Gasteiger partial charge on any atom is 0.352 e. The van der Waals surface area contributed by atoms with Crippen molar-refractivity contribution in [3.8, 4) is 11.1 Å². The molecule has 0 spiro atoms. The predicted octanol–water partition coefficient (Wildman–Crippen LogP) is 4.96. The summed E-state index contributed by atoms with van der Waals surface area (Å²) in [6, 6.07) is 26.8. The molecule has 3 nitrogen and oxygen atoms in total. The molecule has 0 saturated heterocycles. The first-order chi connectivity index (χ1) is 13.2. The van der Waals surface area contributed by atoms with Crippen LogP contribution in [0.25, 0.3) is 22.2 Å². The monoisotopic (exact) mass is 356 g/mol. The molecule has 0 radical (unpaired) electrons. The molecule has 0 aliphatic carbocycles. The van der Waals surface area contributed by atoms with Gasteiger partial charge in [0.2, 0.25) is 5.58 Å². The van der Waals surface area contributed by atoms with Gasteiger partial charge in [-0.15, -0.1) is 0 Å². The van der Waals surface area contributed by atoms with Crippen LogP contribution in [0.2, 0.25) is 0 Å². The highest BCUT2D eigenvalue weighted by atomic mass is 16.4. The lowest BCUT2D eigenvalue weighted by Crippen LogP contribution is -2.37. The fourth-order valence-corrected chi connectivity index (χ4v) is 3.36. The van der Waals surface area contributed by atoms with E-state index in [1.54, 1.807) is 6.92 Å². The molecule has 0 aliphatic heterocycles. The number of rotatable bonds is 6. The molecule has 4 aromatic rings. The van der Waals surface area contributed by atoms with Crippen molar-refractivity contribution in [3.63, 3.8) is 0 Å². The quantitative estimate of drug-likeness (QED) is 0.458. The van der Waals surface area contributed by atoms with Crippen LogP contribution in [0.15, 0.2) is 83.3 Å². The van der Waals surface area contributed by atoms with Crippen molar-refractivity contribution >= 4 is 16.9 Å². The SMILES string of the molecule is CC(=O)CC[n+]1c(Cc2ccccc2)oc2ccc(-c3ccccc3)cc21. The van der Waals surface area contributed by atoms with Crippen molar-refractivity contribution in [1.29, 1.82) is 0 Å². The number of hydrogen-bond acceptors (Lipinski definition) is 2. The van der Waals surface area contributed by atoms with Crippen LogP contribution >= 0.6 is 0 Å². The molecule has 134 valence electrons. The topological polar surface area (TPSA) is 34.1 Å². The second kappa shape index (κ2) is 7.58. The normalized spacial score (nSPS) is 11.0. The zero-order valence-corrected chi connectivity index (χ0v) is 15.4. The lowest BCUT2D eigenvalue weighted by molar-refractivity contribution is -0.682. The predicted molar refractivity (Wildman–Crippen MR) is 106 cm³/mol. The third-order valence-electron chi connectivity index (χ3n) is 4.77. The maximum absolute atomic E-state index is 11.6. The minimum atomic E-state index is 0.182. The summed E-state index contributed by atoms with van der Waals surface area (Å²) in [5, 5.41) is 0. The number of aromatic nitrogens is 1. The number of hydrogen-bond donors (Lipinski definition) is 0. The van der Waals surface area contributed by atoms with Gasteiger partial charge in [0, 0.05) is 6.07 Å². The Morgan fingerprint density at radius 3 is 2.30 bits per heavy atom. The molecule has 27 heavy (non-hydrogen) atoms. The van der Waals surface area contributed by atoms with Crippen LogP contribution in [-0.2, 0) is 17.8 Å². The molecule has 0 N–H and O–H groups in total. The first-order valence-corrected chi connectivity index (χ1v) is 9.25. The highest BCUT2D eigenvalue weighted by Gasteiger charge is 2.23. The first-order valence-electron chi connectivity index (χ1n) is 9.25. The Labute approximate surface area is 158 Å². The van der Waals surface area contributed by atoms with Crippen LogP contribution in [0.4, 0.5) is 0 Å². The fraction of sp³-hybridized carbons (Fsp3) is 0.167. The molecular weight excluding hydrogens is 334 g/mol. The Hall–Kier alpha value is -3.20. The second-order valence-electron chi connectivity index (χ2n) is 6.81. The van der Waals surface area contributed by atoms with Crippen molar-refractivity contribution < 1.29 is 13.8 Å². The molecule has 0 unspecified atom stereocenters. The van der Waals surface area contributed by atoms with E-state index in [0.717, 1.165) is 22.6 Å². The molecule has 4 rings (SSSR count). The number of ketones is 1. The van der Waals surface area contributed by atoms with E-state index in [4.69, 9.17) is 4.42 Å². The van der Waals surface area contributed by atoms with E-state index < -0.39 is 0 Å². The summed E-state index contributed by atoms with van der Waals surface area (Å²) in [5.41, 5.74) is 5.39. The van der Waals surface area contributed by atoms with E-state index in [2.05, 4.69) is 41.0 Å². The Kier molecular flexibility index (Phi) is 4.84. The molecule has 0 bridgehead atoms. The van der Waals surface area contributed by atoms with Crippen LogP contribution in [-0.4, -0.2) is 5.78 Å². The molecule has 0 saturated carbocycles. The van der Waals surface area contributed by atoms with Gasteiger partial charge in [0.15, 0.2) is 6.54 Å². The van der Waals surface area contributed by atoms with Crippen LogP contribution in [0.3, 0.4) is 0 Å². The number of carbonyl (C=O) groups excluding carboxylic acids is 1. The van der Waals surface area contributed by atoms with Crippen LogP contribution in [0.5, 0.6) is 0 Å². The zero-order chi connectivity index (χ0) is 18.6. The molecular formula is C24H22NO2+. The highest BCUT2D eigenvalue weighted by molar-refractivity contribution is 5.78. The lowest BCUT2D eigenvalue weighted by Gasteiger charge is -2.00. The Bertz CT molecular complexity index is 1070. The molecule has 3 heteroatoms. The van der Waals surface area contributed by atoms with Gasteiger partial charge in [-0.25, -0.2) is 0 Å². The summed E-state index contributed by atoms with van der Waals surface area (Å²) in [6.07, 6.45) is 1.20. The van der Waals surface area contributed by atoms with E-state index in [9.17, 15) is 4.79 Å². The van der Waals surface area contributed by atoms with Crippen molar-refractivity contribution in [2.45, 2.75) is 26.3 Å². The minimum Gasteiger partial charge on any atom is -0.401 e. The summed E-state index contributed by atoms with van der Waals surface area (Å²) >= 11 is 0. The molecule has 0 atom stereocenters. The van der Waals surface area contributed by atoms with Crippen molar-refractivity contribution in [2.75, 3.05) is 0 Å². The summed E-state index contributed by atoms with van der Waals surface area (Å²) in [5.74, 6) is 1.06. The lowest BCUT2D eigenvalue weighted by atomic mass is 10.1. The third-order valence-corrected chi connectivity index (χ3v) is 4.77. The molecule has 0 amide bonds. The van der Waals surface area contributed by atoms with E-state index in [1.807, 2.05) is 42.5 Å². The molecule has 3 aromatic carbocycles. The van der Waals surface area contributed by atoms with Gasteiger partial charge < -0.3 is 4.42 Å². The van der Waals surface area contributed by atoms with Gasteiger partial charge in [0.25, 0.3) is 5.52 Å². The number of Topliss-reactive ketones (excluding diaryl/α,β-unsaturated/α-hetero) is 1. The van der Waals surface area contributed by atoms with Crippen LogP contribution in [0.1, 0.15) is 24.8 Å². The smallest absolute Gasteiger partial charge is 0.352 e. The average Bonchev–Trinajstić information content (AvgIpc) is 3.04. The number of carbonyl (C=O) groups is 1. The summed E-state index contributed by atoms with van der Waals surface area (Å²) in [7, 11) is 0. The van der Waals surface area contributed by atoms with Gasteiger partial charge in [-0.1, -0.05) is 66.7 Å². The molecule has 0 aliphatic rings. The Balaban J connectivity index is 1.79. The summed E-state index contributed by atoms with van der Waals surface area (Å²) < 4.78 is 8.33. The number of fused-ring (bicyclic) bond motifs is 1. The van der Waals surface area contributed by atoms with Crippen LogP contribution < -0.4 is 4.57 Å². The van der Waals surface area contributed by atoms with Crippen molar-refractivity contribution in [2.24, 2.45) is 0 Å². The molecule has 0 fully saturated rings. The zero-order valence-electron chi connectivity index (χ0n) is 15.4. The van der Waals surface area contributed by atoms with E-state index in [0.29, 0.717) is 19.4 Å². The minimum absolute atomic E-state index is 0.182. The van der Waals surface area contributed by atoms with Gasteiger partial charge in [-0.05, 0) is 29.7 Å². The first kappa shape index (κ1) is 17.2. The average molecular weight is 356 g/mol. The van der Waals surface area contributed by atoms with Gasteiger partial charge in [-0.2, -0.15) is 4.57 Å². The molecule has 1 aromatic heterocycles. The third kappa shape index (κ3) is 3.82. The van der Waals surface area contributed by atoms with E-state index in [-0.39, 0.29) is 5.78 Å². The number of oxazole rings is 1. The van der Waals surface area contributed by atoms with Crippen molar-refractivity contribution in [1.82, 2.24) is 0 Å². The van der Waals surface area contributed by atoms with Crippen LogP contribution in [0, 0.1) is 0 Å². The molecule has 1 heterocycles. The number of benzene rings is 3. The summed E-state index contributed by atoms with van der Waals surface area (Å²) in [6.45, 7) is 2.26.